The normalized spacial score (nSPS) is 43.8. The minimum Gasteiger partial charge on any atom is -0.312 e. The van der Waals surface area contributed by atoms with E-state index in [1.54, 1.807) is 0 Å². The van der Waals surface area contributed by atoms with E-state index >= 15 is 0 Å². The number of rotatable bonds is 3. The molecule has 3 fully saturated rings. The average molecular weight is 249 g/mol. The van der Waals surface area contributed by atoms with E-state index in [4.69, 9.17) is 0 Å². The van der Waals surface area contributed by atoms with Crippen LogP contribution >= 0.6 is 15.9 Å². The second-order valence-electron chi connectivity index (χ2n) is 5.07. The summed E-state index contributed by atoms with van der Waals surface area (Å²) in [6.07, 6.45) is 1.35. The maximum Gasteiger partial charge on any atom is 0.129 e. The first kappa shape index (κ1) is 9.94. The zero-order valence-corrected chi connectivity index (χ0v) is 10.2. The summed E-state index contributed by atoms with van der Waals surface area (Å²) in [5, 5.41) is 1.18. The van der Waals surface area contributed by atoms with Gasteiger partial charge < -0.3 is 8.97 Å². The van der Waals surface area contributed by atoms with Crippen molar-refractivity contribution in [2.45, 2.75) is 6.42 Å². The molecule has 0 saturated carbocycles. The highest BCUT2D eigenvalue weighted by Crippen LogP contribution is 2.24. The van der Waals surface area contributed by atoms with Gasteiger partial charge in [0.2, 0.25) is 0 Å². The van der Waals surface area contributed by atoms with E-state index in [2.05, 4.69) is 23.0 Å². The first-order valence-corrected chi connectivity index (χ1v) is 6.55. The molecule has 0 aliphatic carbocycles. The Balaban J connectivity index is 1.95. The molecule has 0 spiro atoms. The van der Waals surface area contributed by atoms with Crippen LogP contribution in [0.3, 0.4) is 0 Å². The summed E-state index contributed by atoms with van der Waals surface area (Å²) in [5.41, 5.74) is 0. The number of likely N-dealkylation sites (N-methyl/N-ethyl adjacent to an activating group) is 1. The van der Waals surface area contributed by atoms with Crippen molar-refractivity contribution < 1.29 is 8.97 Å². The summed E-state index contributed by atoms with van der Waals surface area (Å²) >= 11 is 3.54. The zero-order valence-electron chi connectivity index (χ0n) is 8.64. The fourth-order valence-electron chi connectivity index (χ4n) is 2.76. The lowest BCUT2D eigenvalue weighted by Gasteiger charge is -2.54. The van der Waals surface area contributed by atoms with Gasteiger partial charge in [-0.05, 0) is 0 Å². The molecule has 3 saturated heterocycles. The van der Waals surface area contributed by atoms with Crippen molar-refractivity contribution in [1.29, 1.82) is 0 Å². The maximum atomic E-state index is 3.54. The molecule has 0 unspecified atom stereocenters. The van der Waals surface area contributed by atoms with Crippen LogP contribution < -0.4 is 0 Å². The molecular weight excluding hydrogens is 228 g/mol. The van der Waals surface area contributed by atoms with E-state index in [9.17, 15) is 0 Å². The summed E-state index contributed by atoms with van der Waals surface area (Å²) in [6, 6.07) is 0. The van der Waals surface area contributed by atoms with Gasteiger partial charge in [0.15, 0.2) is 0 Å². The van der Waals surface area contributed by atoms with Gasteiger partial charge in [0, 0.05) is 11.8 Å². The third kappa shape index (κ3) is 1.92. The molecule has 0 aromatic carbocycles. The molecule has 0 atom stereocenters. The lowest BCUT2D eigenvalue weighted by atomic mass is 10.1. The van der Waals surface area contributed by atoms with Gasteiger partial charge in [-0.3, -0.25) is 0 Å². The maximum absolute atomic E-state index is 3.54. The fraction of sp³-hybridized carbons (Fsp3) is 1.00. The Bertz CT molecular complexity index is 163. The Morgan fingerprint density at radius 1 is 1.00 bits per heavy atom. The topological polar surface area (TPSA) is 0 Å². The number of quaternary nitrogens is 2. The van der Waals surface area contributed by atoms with E-state index in [-0.39, 0.29) is 0 Å². The lowest BCUT2D eigenvalue weighted by molar-refractivity contribution is -1.07. The van der Waals surface area contributed by atoms with Crippen LogP contribution in [0, 0.1) is 0 Å². The molecule has 0 N–H and O–H groups in total. The van der Waals surface area contributed by atoms with Crippen molar-refractivity contribution >= 4 is 15.9 Å². The Kier molecular flexibility index (Phi) is 2.69. The molecule has 3 aliphatic rings. The number of nitrogens with zero attached hydrogens (tertiary/aromatic N) is 2. The van der Waals surface area contributed by atoms with Gasteiger partial charge in [0.05, 0.1) is 13.6 Å². The van der Waals surface area contributed by atoms with Gasteiger partial charge in [-0.2, -0.15) is 0 Å². The molecule has 76 valence electrons. The largest absolute Gasteiger partial charge is 0.312 e. The van der Waals surface area contributed by atoms with Crippen molar-refractivity contribution in [1.82, 2.24) is 0 Å². The summed E-state index contributed by atoms with van der Waals surface area (Å²) < 4.78 is 2.79. The minimum absolute atomic E-state index is 1.18. The Hall–Kier alpha value is 0.400. The fourth-order valence-corrected chi connectivity index (χ4v) is 3.01. The van der Waals surface area contributed by atoms with Crippen LogP contribution in [0.15, 0.2) is 0 Å². The summed E-state index contributed by atoms with van der Waals surface area (Å²) in [5.74, 6) is 0. The predicted molar refractivity (Wildman–Crippen MR) is 58.9 cm³/mol. The van der Waals surface area contributed by atoms with E-state index < -0.39 is 0 Å². The molecule has 3 heterocycles. The average Bonchev–Trinajstić information content (AvgIpc) is 2.18. The van der Waals surface area contributed by atoms with Crippen LogP contribution in [0.4, 0.5) is 0 Å². The van der Waals surface area contributed by atoms with Crippen LogP contribution in [0.1, 0.15) is 6.42 Å². The van der Waals surface area contributed by atoms with Crippen LogP contribution in [-0.2, 0) is 0 Å². The van der Waals surface area contributed by atoms with E-state index in [0.717, 1.165) is 0 Å². The quantitative estimate of drug-likeness (QED) is 0.518. The predicted octanol–water partition coefficient (Wildman–Crippen LogP) is 1.06. The first-order valence-electron chi connectivity index (χ1n) is 5.43. The van der Waals surface area contributed by atoms with E-state index in [1.807, 2.05) is 0 Å². The molecular formula is C10H21BrN2+2. The molecule has 0 aromatic rings. The van der Waals surface area contributed by atoms with Crippen LogP contribution in [-0.4, -0.2) is 67.2 Å². The summed E-state index contributed by atoms with van der Waals surface area (Å²) in [7, 11) is 2.43. The van der Waals surface area contributed by atoms with Crippen molar-refractivity contribution in [3.63, 3.8) is 0 Å². The molecule has 13 heavy (non-hydrogen) atoms. The second-order valence-corrected chi connectivity index (χ2v) is 5.86. The summed E-state index contributed by atoms with van der Waals surface area (Å²) in [6.45, 7) is 9.97. The number of halogens is 1. The smallest absolute Gasteiger partial charge is 0.129 e. The molecule has 3 heteroatoms. The van der Waals surface area contributed by atoms with Crippen molar-refractivity contribution in [3.05, 3.63) is 0 Å². The van der Waals surface area contributed by atoms with Gasteiger partial charge in [0.1, 0.15) is 39.3 Å². The number of fused-ring (bicyclic) bond motifs is 3. The van der Waals surface area contributed by atoms with E-state index in [1.165, 1.54) is 66.5 Å². The van der Waals surface area contributed by atoms with Gasteiger partial charge in [-0.25, -0.2) is 0 Å². The van der Waals surface area contributed by atoms with Gasteiger partial charge in [-0.15, -0.1) is 0 Å². The van der Waals surface area contributed by atoms with E-state index in [0.29, 0.717) is 0 Å². The van der Waals surface area contributed by atoms with Crippen molar-refractivity contribution in [2.75, 3.05) is 58.2 Å². The Morgan fingerprint density at radius 2 is 1.54 bits per heavy atom. The third-order valence-electron chi connectivity index (χ3n) is 4.11. The standard InChI is InChI=1S/C10H21BrN2/c1-12-5-8-13(9-6-12,10-7-12)4-2-3-11/h2-10H2,1H3/q+2. The monoisotopic (exact) mass is 248 g/mol. The van der Waals surface area contributed by atoms with Gasteiger partial charge in [0.25, 0.3) is 0 Å². The van der Waals surface area contributed by atoms with Crippen LogP contribution in [0.5, 0.6) is 0 Å². The van der Waals surface area contributed by atoms with Crippen molar-refractivity contribution in [3.8, 4) is 0 Å². The van der Waals surface area contributed by atoms with Gasteiger partial charge >= 0.3 is 0 Å². The number of hydrogen-bond acceptors (Lipinski definition) is 0. The Labute approximate surface area is 89.8 Å². The Morgan fingerprint density at radius 3 is 2.00 bits per heavy atom. The SMILES string of the molecule is C[N+]12CC[N+](CCCBr)(CC1)CC2. The van der Waals surface area contributed by atoms with Crippen molar-refractivity contribution in [2.24, 2.45) is 0 Å². The first-order chi connectivity index (χ1) is 6.18. The highest BCUT2D eigenvalue weighted by molar-refractivity contribution is 9.09. The number of hydrogen-bond donors (Lipinski definition) is 0. The van der Waals surface area contributed by atoms with Crippen LogP contribution in [0.25, 0.3) is 0 Å². The summed E-state index contributed by atoms with van der Waals surface area (Å²) in [4.78, 5) is 0. The molecule has 2 nitrogen and oxygen atoms in total. The third-order valence-corrected chi connectivity index (χ3v) is 4.67. The number of piperazine rings is 3. The number of alkyl halides is 1. The highest BCUT2D eigenvalue weighted by Gasteiger charge is 2.45. The second kappa shape index (κ2) is 3.52. The molecule has 0 aromatic heterocycles. The van der Waals surface area contributed by atoms with Crippen LogP contribution in [0.2, 0.25) is 0 Å². The molecule has 0 amide bonds. The van der Waals surface area contributed by atoms with Gasteiger partial charge in [-0.1, -0.05) is 15.9 Å². The molecule has 3 aliphatic heterocycles. The lowest BCUT2D eigenvalue weighted by Crippen LogP contribution is -2.73. The minimum atomic E-state index is 1.18. The molecule has 0 radical (unpaired) electrons. The zero-order chi connectivity index (χ0) is 9.36. The molecule has 3 rings (SSSR count). The molecule has 2 bridgehead atoms. The highest BCUT2D eigenvalue weighted by atomic mass is 79.9.